The number of nitrogens with one attached hydrogen (secondary N) is 1. The number of carbonyl (C=O) groups is 2. The fourth-order valence-electron chi connectivity index (χ4n) is 8.25. The predicted octanol–water partition coefficient (Wildman–Crippen LogP) is 9.55. The van der Waals surface area contributed by atoms with Gasteiger partial charge in [0.2, 0.25) is 0 Å². The molecule has 1 fully saturated rings. The lowest BCUT2D eigenvalue weighted by atomic mass is 9.77. The van der Waals surface area contributed by atoms with E-state index < -0.39 is 50.1 Å². The van der Waals surface area contributed by atoms with Crippen LogP contribution in [0.5, 0.6) is 11.5 Å². The zero-order valence-corrected chi connectivity index (χ0v) is 39.8. The molecule has 1 aliphatic rings. The van der Waals surface area contributed by atoms with Crippen LogP contribution in [0.3, 0.4) is 0 Å². The Hall–Kier alpha value is -7.23. The fraction of sp³-hybridized carbons (Fsp3) is 0.283. The molecular formula is C53H53N6O9P. The van der Waals surface area contributed by atoms with Gasteiger partial charge in [-0.15, -0.1) is 0 Å². The SMILES string of the molecule is COc1ccc(C(Nc2ccn([C@H]3CC(OP(OCCC#N)N(C(C)C)C(C)C)[C@@H](COC(=O)c4ccccc4C(=O)Oc4ccccc4C#N)O3)c(=O)n2)(c2ccccc2)c2ccccc2)cc1. The topological polar surface area (TPSA) is 187 Å². The number of carbonyl (C=O) groups excluding carboxylic acids is 2. The lowest BCUT2D eigenvalue weighted by Gasteiger charge is -2.37. The Morgan fingerprint density at radius 3 is 2.01 bits per heavy atom. The minimum Gasteiger partial charge on any atom is -0.497 e. The zero-order chi connectivity index (χ0) is 48.9. The van der Waals surface area contributed by atoms with Crippen LogP contribution in [0.2, 0.25) is 0 Å². The third-order valence-corrected chi connectivity index (χ3v) is 13.6. The second-order valence-corrected chi connectivity index (χ2v) is 17.9. The molecule has 15 nitrogen and oxygen atoms in total. The average molecular weight is 949 g/mol. The number of hydrogen-bond acceptors (Lipinski definition) is 14. The first kappa shape index (κ1) is 49.7. The maximum atomic E-state index is 14.3. The van der Waals surface area contributed by atoms with Crippen LogP contribution >= 0.6 is 8.53 Å². The molecule has 6 aromatic rings. The molecule has 0 radical (unpaired) electrons. The molecule has 4 atom stereocenters. The number of nitriles is 2. The molecule has 2 unspecified atom stereocenters. The standard InChI is InChI=1S/C53H53N6O9P/c1-36(2)59(37(3)4)69(65-32-16-30-54)68-46-33-49(66-47(46)35-64-50(60)43-22-13-14-23-44(43)51(61)67-45-24-15-12-17-38(45)34-55)58-31-29-48(56-52(58)62)57-53(39-18-8-6-9-19-39,40-20-10-7-11-21-40)41-25-27-42(63-5)28-26-41/h6-15,17-29,31,36-37,46-47,49H,16,32-33,35H2,1-5H3,(H,56,57,62)/t46?,47-,49-,69?/m1/s1. The van der Waals surface area contributed by atoms with E-state index in [0.29, 0.717) is 11.6 Å². The van der Waals surface area contributed by atoms with Crippen molar-refractivity contribution in [2.24, 2.45) is 0 Å². The number of aromatic nitrogens is 2. The van der Waals surface area contributed by atoms with Gasteiger partial charge in [0.25, 0.3) is 8.53 Å². The van der Waals surface area contributed by atoms with E-state index in [0.717, 1.165) is 16.7 Å². The molecule has 1 saturated heterocycles. The van der Waals surface area contributed by atoms with Crippen LogP contribution in [0, 0.1) is 22.7 Å². The van der Waals surface area contributed by atoms with Crippen molar-refractivity contribution in [2.45, 2.75) is 76.6 Å². The smallest absolute Gasteiger partial charge is 0.351 e. The summed E-state index contributed by atoms with van der Waals surface area (Å²) in [7, 11) is -0.181. The molecule has 354 valence electrons. The molecule has 0 spiro atoms. The number of rotatable bonds is 20. The van der Waals surface area contributed by atoms with Gasteiger partial charge in [-0.05, 0) is 86.8 Å². The van der Waals surface area contributed by atoms with E-state index in [9.17, 15) is 24.9 Å². The Bertz CT molecular complexity index is 2780. The summed E-state index contributed by atoms with van der Waals surface area (Å²) in [4.78, 5) is 46.2. The van der Waals surface area contributed by atoms with Crippen molar-refractivity contribution in [2.75, 3.05) is 25.6 Å². The van der Waals surface area contributed by atoms with E-state index in [1.807, 2.05) is 119 Å². The van der Waals surface area contributed by atoms with E-state index in [-0.39, 0.29) is 60.6 Å². The third-order valence-electron chi connectivity index (χ3n) is 11.4. The first-order chi connectivity index (χ1) is 33.5. The normalized spacial score (nSPS) is 16.1. The van der Waals surface area contributed by atoms with E-state index in [1.165, 1.54) is 28.8 Å². The van der Waals surface area contributed by atoms with Crippen LogP contribution in [0.15, 0.2) is 151 Å². The molecule has 7 rings (SSSR count). The Morgan fingerprint density at radius 1 is 0.826 bits per heavy atom. The van der Waals surface area contributed by atoms with Crippen molar-refractivity contribution in [1.29, 1.82) is 10.5 Å². The van der Waals surface area contributed by atoms with Gasteiger partial charge in [-0.1, -0.05) is 97.1 Å². The summed E-state index contributed by atoms with van der Waals surface area (Å²) >= 11 is 0. The number of esters is 2. The van der Waals surface area contributed by atoms with E-state index in [4.69, 9.17) is 28.0 Å². The van der Waals surface area contributed by atoms with Crippen molar-refractivity contribution in [1.82, 2.24) is 14.2 Å². The highest BCUT2D eigenvalue weighted by Crippen LogP contribution is 2.50. The Labute approximate surface area is 402 Å². The molecule has 16 heteroatoms. The Kier molecular flexibility index (Phi) is 16.7. The van der Waals surface area contributed by atoms with Crippen LogP contribution in [0.1, 0.15) is 89.7 Å². The highest BCUT2D eigenvalue weighted by molar-refractivity contribution is 7.44. The Morgan fingerprint density at radius 2 is 1.42 bits per heavy atom. The van der Waals surface area contributed by atoms with Gasteiger partial charge in [0.05, 0.1) is 49.0 Å². The number of nitrogens with zero attached hydrogens (tertiary/aromatic N) is 5. The number of para-hydroxylation sites is 1. The monoisotopic (exact) mass is 948 g/mol. The largest absolute Gasteiger partial charge is 0.497 e. The van der Waals surface area contributed by atoms with Gasteiger partial charge in [0.1, 0.15) is 47.9 Å². The molecule has 1 aliphatic heterocycles. The maximum absolute atomic E-state index is 14.3. The highest BCUT2D eigenvalue weighted by Gasteiger charge is 2.43. The molecule has 1 N–H and O–H groups in total. The number of anilines is 1. The third kappa shape index (κ3) is 11.6. The van der Waals surface area contributed by atoms with Crippen LogP contribution in [0.4, 0.5) is 5.82 Å². The molecule has 1 aromatic heterocycles. The molecule has 69 heavy (non-hydrogen) atoms. The summed E-state index contributed by atoms with van der Waals surface area (Å²) in [5, 5.41) is 22.5. The van der Waals surface area contributed by atoms with Crippen LogP contribution in [-0.2, 0) is 24.1 Å². The molecule has 0 saturated carbocycles. The molecule has 0 amide bonds. The second kappa shape index (κ2) is 23.2. The molecule has 2 heterocycles. The summed E-state index contributed by atoms with van der Waals surface area (Å²) in [6, 6.07) is 45.6. The van der Waals surface area contributed by atoms with Gasteiger partial charge in [-0.25, -0.2) is 19.1 Å². The van der Waals surface area contributed by atoms with Crippen LogP contribution < -0.4 is 20.5 Å². The molecular weight excluding hydrogens is 896 g/mol. The minimum absolute atomic E-state index is 0.0207. The molecule has 5 aromatic carbocycles. The number of methoxy groups -OCH3 is 1. The second-order valence-electron chi connectivity index (χ2n) is 16.5. The number of ether oxygens (including phenoxy) is 4. The lowest BCUT2D eigenvalue weighted by Crippen LogP contribution is -2.39. The van der Waals surface area contributed by atoms with Crippen molar-refractivity contribution in [3.63, 3.8) is 0 Å². The van der Waals surface area contributed by atoms with Crippen LogP contribution in [-0.4, -0.2) is 70.8 Å². The van der Waals surface area contributed by atoms with Crippen molar-refractivity contribution < 1.29 is 37.6 Å². The van der Waals surface area contributed by atoms with Gasteiger partial charge in [-0.2, -0.15) is 15.5 Å². The van der Waals surface area contributed by atoms with Crippen molar-refractivity contribution in [3.8, 4) is 23.6 Å². The summed E-state index contributed by atoms with van der Waals surface area (Å²) in [6.45, 7) is 7.83. The van der Waals surface area contributed by atoms with E-state index in [2.05, 4.69) is 21.0 Å². The summed E-state index contributed by atoms with van der Waals surface area (Å²) in [5.74, 6) is -0.672. The van der Waals surface area contributed by atoms with Gasteiger partial charge in [-0.3, -0.25) is 4.57 Å². The van der Waals surface area contributed by atoms with E-state index >= 15 is 0 Å². The molecule has 0 bridgehead atoms. The van der Waals surface area contributed by atoms with E-state index in [1.54, 1.807) is 43.6 Å². The first-order valence-electron chi connectivity index (χ1n) is 22.5. The fourth-order valence-corrected chi connectivity index (χ4v) is 10.0. The quantitative estimate of drug-likeness (QED) is 0.0251. The summed E-state index contributed by atoms with van der Waals surface area (Å²) < 4.78 is 39.9. The number of hydrogen-bond donors (Lipinski definition) is 1. The summed E-state index contributed by atoms with van der Waals surface area (Å²) in [5.41, 5.74) is 1.06. The predicted molar refractivity (Wildman–Crippen MR) is 259 cm³/mol. The van der Waals surface area contributed by atoms with Gasteiger partial charge >= 0.3 is 17.6 Å². The lowest BCUT2D eigenvalue weighted by molar-refractivity contribution is -0.0512. The zero-order valence-electron chi connectivity index (χ0n) is 38.9. The minimum atomic E-state index is -1.79. The number of benzene rings is 5. The Balaban J connectivity index is 1.19. The van der Waals surface area contributed by atoms with Gasteiger partial charge in [0.15, 0.2) is 0 Å². The average Bonchev–Trinajstić information content (AvgIpc) is 3.77. The van der Waals surface area contributed by atoms with Crippen LogP contribution in [0.25, 0.3) is 0 Å². The van der Waals surface area contributed by atoms with Crippen molar-refractivity contribution >= 4 is 26.3 Å². The molecule has 0 aliphatic carbocycles. The first-order valence-corrected chi connectivity index (χ1v) is 23.6. The maximum Gasteiger partial charge on any atom is 0.351 e. The van der Waals surface area contributed by atoms with Gasteiger partial charge < -0.3 is 33.3 Å². The van der Waals surface area contributed by atoms with Gasteiger partial charge in [0, 0.05) is 24.7 Å². The summed E-state index contributed by atoms with van der Waals surface area (Å²) in [6.07, 6.45) is -0.775. The van der Waals surface area contributed by atoms with Crippen molar-refractivity contribution in [3.05, 3.63) is 190 Å². The highest BCUT2D eigenvalue weighted by atomic mass is 31.2.